The molecule has 2 aromatic carbocycles. The van der Waals surface area contributed by atoms with E-state index < -0.39 is 0 Å². The maximum absolute atomic E-state index is 12.4. The fourth-order valence-electron chi connectivity index (χ4n) is 4.02. The zero-order chi connectivity index (χ0) is 22.1. The topological polar surface area (TPSA) is 95.8 Å². The Labute approximate surface area is 194 Å². The van der Waals surface area contributed by atoms with E-state index in [1.807, 2.05) is 36.7 Å². The monoisotopic (exact) mass is 465 g/mol. The normalized spacial score (nSPS) is 23.1. The van der Waals surface area contributed by atoms with Gasteiger partial charge in [-0.3, -0.25) is 10.2 Å². The summed E-state index contributed by atoms with van der Waals surface area (Å²) in [5.41, 5.74) is 9.17. The van der Waals surface area contributed by atoms with Crippen molar-refractivity contribution in [3.63, 3.8) is 0 Å². The lowest BCUT2D eigenvalue weighted by molar-refractivity contribution is -0.113. The number of nitrogens with zero attached hydrogens (tertiary/aromatic N) is 4. The number of anilines is 1. The Hall–Kier alpha value is -3.19. The summed E-state index contributed by atoms with van der Waals surface area (Å²) in [4.78, 5) is 14.4. The number of carbonyl (C=O) groups excluding carboxylic acids is 1. The van der Waals surface area contributed by atoms with Crippen molar-refractivity contribution in [2.45, 2.75) is 24.7 Å². The molecule has 2 aromatic rings. The largest absolute Gasteiger partial charge is 0.325 e. The van der Waals surface area contributed by atoms with Crippen LogP contribution in [0, 0.1) is 11.3 Å². The van der Waals surface area contributed by atoms with Gasteiger partial charge in [-0.2, -0.15) is 10.4 Å². The summed E-state index contributed by atoms with van der Waals surface area (Å²) in [5.74, 6) is 0.108. The van der Waals surface area contributed by atoms with Crippen molar-refractivity contribution in [2.24, 2.45) is 5.10 Å². The Morgan fingerprint density at radius 1 is 1.22 bits per heavy atom. The number of halogens is 1. The van der Waals surface area contributed by atoms with Crippen molar-refractivity contribution in [3.8, 4) is 6.07 Å². The van der Waals surface area contributed by atoms with Gasteiger partial charge < -0.3 is 15.2 Å². The van der Waals surface area contributed by atoms with Crippen LogP contribution in [-0.2, 0) is 4.79 Å². The summed E-state index contributed by atoms with van der Waals surface area (Å²) >= 11 is 7.40. The highest BCUT2D eigenvalue weighted by Gasteiger charge is 2.44. The van der Waals surface area contributed by atoms with E-state index in [2.05, 4.69) is 37.2 Å². The minimum atomic E-state index is -0.126. The maximum Gasteiger partial charge on any atom is 0.234 e. The highest BCUT2D eigenvalue weighted by Crippen LogP contribution is 2.35. The SMILES string of the molecule is N#Cc1ccc(NC(=O)CSC2=NNC3C4CC(c5ccc(Cl)cc5)NN4C=CN23)cc1. The number of hydrogen-bond donors (Lipinski definition) is 3. The highest BCUT2D eigenvalue weighted by molar-refractivity contribution is 8.14. The van der Waals surface area contributed by atoms with Crippen LogP contribution in [0.5, 0.6) is 0 Å². The Morgan fingerprint density at radius 3 is 2.75 bits per heavy atom. The van der Waals surface area contributed by atoms with Crippen molar-refractivity contribution in [1.82, 2.24) is 20.8 Å². The van der Waals surface area contributed by atoms with Gasteiger partial charge in [-0.1, -0.05) is 35.5 Å². The number of hydrogen-bond acceptors (Lipinski definition) is 8. The molecule has 1 saturated heterocycles. The van der Waals surface area contributed by atoms with Crippen molar-refractivity contribution in [1.29, 1.82) is 5.26 Å². The molecule has 5 rings (SSSR count). The van der Waals surface area contributed by atoms with Crippen LogP contribution < -0.4 is 16.2 Å². The second kappa shape index (κ2) is 8.74. The quantitative estimate of drug-likeness (QED) is 0.638. The Kier molecular flexibility index (Phi) is 5.66. The van der Waals surface area contributed by atoms with E-state index in [1.165, 1.54) is 17.3 Å². The van der Waals surface area contributed by atoms with Gasteiger partial charge in [-0.05, 0) is 48.4 Å². The van der Waals surface area contributed by atoms with Gasteiger partial charge in [-0.15, -0.1) is 0 Å². The first kappa shape index (κ1) is 20.7. The number of benzene rings is 2. The van der Waals surface area contributed by atoms with Gasteiger partial charge in [0.05, 0.1) is 29.5 Å². The molecule has 0 aliphatic carbocycles. The van der Waals surface area contributed by atoms with Crippen molar-refractivity contribution < 1.29 is 4.79 Å². The van der Waals surface area contributed by atoms with E-state index in [0.29, 0.717) is 11.3 Å². The number of nitriles is 1. The molecule has 3 aliphatic rings. The Balaban J connectivity index is 1.17. The first-order valence-corrected chi connectivity index (χ1v) is 11.5. The van der Waals surface area contributed by atoms with Crippen LogP contribution >= 0.6 is 23.4 Å². The van der Waals surface area contributed by atoms with Crippen LogP contribution in [0.15, 0.2) is 66.0 Å². The zero-order valence-corrected chi connectivity index (χ0v) is 18.5. The molecule has 1 amide bonds. The molecule has 3 aliphatic heterocycles. The van der Waals surface area contributed by atoms with Gasteiger partial charge in [0.25, 0.3) is 0 Å². The minimum Gasteiger partial charge on any atom is -0.325 e. The molecular formula is C22H20ClN7OS. The van der Waals surface area contributed by atoms with Gasteiger partial charge >= 0.3 is 0 Å². The van der Waals surface area contributed by atoms with Crippen LogP contribution in [0.1, 0.15) is 23.6 Å². The Morgan fingerprint density at radius 2 is 2.00 bits per heavy atom. The number of hydrazine groups is 1. The van der Waals surface area contributed by atoms with Crippen LogP contribution in [0.2, 0.25) is 5.02 Å². The summed E-state index contributed by atoms with van der Waals surface area (Å²) in [6, 6.07) is 17.2. The molecule has 0 spiro atoms. The van der Waals surface area contributed by atoms with Crippen LogP contribution in [-0.4, -0.2) is 38.9 Å². The van der Waals surface area contributed by atoms with E-state index in [9.17, 15) is 4.79 Å². The van der Waals surface area contributed by atoms with Crippen molar-refractivity contribution >= 4 is 40.1 Å². The molecule has 1 fully saturated rings. The van der Waals surface area contributed by atoms with E-state index >= 15 is 0 Å². The molecule has 8 nitrogen and oxygen atoms in total. The third kappa shape index (κ3) is 4.12. The number of amides is 1. The number of fused-ring (bicyclic) bond motifs is 3. The lowest BCUT2D eigenvalue weighted by Gasteiger charge is -2.36. The van der Waals surface area contributed by atoms with Crippen LogP contribution in [0.25, 0.3) is 0 Å². The maximum atomic E-state index is 12.4. The number of amidine groups is 1. The fraction of sp³-hybridized carbons (Fsp3) is 0.227. The molecule has 3 N–H and O–H groups in total. The second-order valence-corrected chi connectivity index (χ2v) is 9.02. The van der Waals surface area contributed by atoms with Gasteiger partial charge in [0.1, 0.15) is 6.17 Å². The molecule has 10 heteroatoms. The average Bonchev–Trinajstić information content (AvgIpc) is 3.42. The van der Waals surface area contributed by atoms with E-state index in [0.717, 1.165) is 16.6 Å². The number of nitrogens with one attached hydrogen (secondary N) is 3. The van der Waals surface area contributed by atoms with Crippen LogP contribution in [0.3, 0.4) is 0 Å². The number of hydrazone groups is 1. The second-order valence-electron chi connectivity index (χ2n) is 7.64. The van der Waals surface area contributed by atoms with Crippen molar-refractivity contribution in [2.75, 3.05) is 11.1 Å². The van der Waals surface area contributed by atoms with Crippen LogP contribution in [0.4, 0.5) is 5.69 Å². The summed E-state index contributed by atoms with van der Waals surface area (Å²) in [5, 5.41) is 19.8. The van der Waals surface area contributed by atoms with Gasteiger partial charge in [0.2, 0.25) is 5.91 Å². The molecule has 3 unspecified atom stereocenters. The minimum absolute atomic E-state index is 0.00566. The lowest BCUT2D eigenvalue weighted by Crippen LogP contribution is -2.54. The molecule has 3 atom stereocenters. The Bertz CT molecular complexity index is 1110. The molecule has 0 radical (unpaired) electrons. The summed E-state index contributed by atoms with van der Waals surface area (Å²) in [6.45, 7) is 0. The zero-order valence-electron chi connectivity index (χ0n) is 16.9. The number of thioether (sulfide) groups is 1. The fourth-order valence-corrected chi connectivity index (χ4v) is 4.92. The molecule has 162 valence electrons. The first-order valence-electron chi connectivity index (χ1n) is 10.1. The smallest absolute Gasteiger partial charge is 0.234 e. The summed E-state index contributed by atoms with van der Waals surface area (Å²) < 4.78 is 0. The summed E-state index contributed by atoms with van der Waals surface area (Å²) in [6.07, 6.45) is 4.89. The first-order chi connectivity index (χ1) is 15.6. The number of carbonyl (C=O) groups is 1. The van der Waals surface area contributed by atoms with Gasteiger partial charge in [0, 0.05) is 23.1 Å². The average molecular weight is 466 g/mol. The van der Waals surface area contributed by atoms with E-state index in [1.54, 1.807) is 24.3 Å². The molecule has 32 heavy (non-hydrogen) atoms. The lowest BCUT2D eigenvalue weighted by atomic mass is 10.00. The van der Waals surface area contributed by atoms with Gasteiger partial charge in [-0.25, -0.2) is 5.43 Å². The predicted octanol–water partition coefficient (Wildman–Crippen LogP) is 3.19. The standard InChI is InChI=1S/C22H20ClN7OS/c23-16-5-3-15(4-6-16)18-11-19-21-26-27-22(29(21)9-10-30(19)28-18)32-13-20(31)25-17-7-1-14(12-24)2-8-17/h1-10,18-19,21,26,28H,11,13H2,(H,25,31). The summed E-state index contributed by atoms with van der Waals surface area (Å²) in [7, 11) is 0. The highest BCUT2D eigenvalue weighted by atomic mass is 35.5. The van der Waals surface area contributed by atoms with Gasteiger partial charge in [0.15, 0.2) is 5.17 Å². The predicted molar refractivity (Wildman–Crippen MR) is 125 cm³/mol. The van der Waals surface area contributed by atoms with Crippen molar-refractivity contribution in [3.05, 3.63) is 77.1 Å². The molecular weight excluding hydrogens is 446 g/mol. The van der Waals surface area contributed by atoms with E-state index in [4.69, 9.17) is 16.9 Å². The molecule has 0 aromatic heterocycles. The third-order valence-electron chi connectivity index (χ3n) is 5.61. The van der Waals surface area contributed by atoms with E-state index in [-0.39, 0.29) is 29.9 Å². The molecule has 0 saturated carbocycles. The number of rotatable bonds is 4. The molecule has 3 heterocycles. The third-order valence-corrected chi connectivity index (χ3v) is 6.83. The molecule has 0 bridgehead atoms.